The van der Waals surface area contributed by atoms with E-state index in [0.29, 0.717) is 22.8 Å². The molecule has 2 aromatic rings. The van der Waals surface area contributed by atoms with Crippen molar-refractivity contribution in [1.29, 1.82) is 0 Å². The summed E-state index contributed by atoms with van der Waals surface area (Å²) < 4.78 is 4.27. The number of Topliss-reactive ketones (excluding diaryl/α,β-unsaturated/α-hetero) is 1. The van der Waals surface area contributed by atoms with Gasteiger partial charge < -0.3 is 5.32 Å². The van der Waals surface area contributed by atoms with Crippen molar-refractivity contribution in [3.8, 4) is 0 Å². The van der Waals surface area contributed by atoms with Crippen LogP contribution in [0.3, 0.4) is 0 Å². The molecule has 0 aliphatic heterocycles. The summed E-state index contributed by atoms with van der Waals surface area (Å²) in [4.78, 5) is 24.7. The minimum absolute atomic E-state index is 0.0683. The van der Waals surface area contributed by atoms with Gasteiger partial charge in [-0.05, 0) is 49.0 Å². The molecule has 1 aliphatic rings. The number of anilines is 1. The predicted octanol–water partition coefficient (Wildman–Crippen LogP) is 4.14. The normalized spacial score (nSPS) is 12.8. The van der Waals surface area contributed by atoms with Crippen molar-refractivity contribution in [2.24, 2.45) is 0 Å². The van der Waals surface area contributed by atoms with Gasteiger partial charge in [-0.1, -0.05) is 29.8 Å². The third-order valence-corrected chi connectivity index (χ3v) is 4.81. The van der Waals surface area contributed by atoms with Gasteiger partial charge in [0.2, 0.25) is 0 Å². The van der Waals surface area contributed by atoms with Crippen molar-refractivity contribution in [1.82, 2.24) is 4.37 Å². The summed E-state index contributed by atoms with van der Waals surface area (Å²) >= 11 is 7.58. The number of carbonyl (C=O) groups is 2. The van der Waals surface area contributed by atoms with Crippen LogP contribution in [0.1, 0.15) is 39.8 Å². The molecule has 0 spiro atoms. The van der Waals surface area contributed by atoms with Crippen LogP contribution in [0.4, 0.5) is 5.69 Å². The molecular weight excluding hydrogens is 332 g/mol. The first-order valence-corrected chi connectivity index (χ1v) is 8.44. The van der Waals surface area contributed by atoms with Gasteiger partial charge in [0.1, 0.15) is 11.5 Å². The van der Waals surface area contributed by atoms with Gasteiger partial charge in [0.15, 0.2) is 0 Å². The molecular formula is C17H15ClN2O2S. The van der Waals surface area contributed by atoms with Crippen molar-refractivity contribution in [2.75, 3.05) is 5.32 Å². The van der Waals surface area contributed by atoms with Crippen molar-refractivity contribution >= 4 is 46.6 Å². The van der Waals surface area contributed by atoms with Crippen molar-refractivity contribution in [3.63, 3.8) is 0 Å². The minimum atomic E-state index is -0.268. The summed E-state index contributed by atoms with van der Waals surface area (Å²) in [5, 5.41) is 3.21. The summed E-state index contributed by atoms with van der Waals surface area (Å²) in [5.74, 6) is -0.200. The molecule has 0 saturated heterocycles. The third-order valence-electron chi connectivity index (χ3n) is 3.58. The Hall–Kier alpha value is -1.98. The monoisotopic (exact) mass is 346 g/mol. The van der Waals surface area contributed by atoms with Crippen LogP contribution in [0.5, 0.6) is 0 Å². The number of hydrogen-bond acceptors (Lipinski definition) is 4. The molecule has 0 radical (unpaired) electrons. The molecule has 1 amide bonds. The summed E-state index contributed by atoms with van der Waals surface area (Å²) in [7, 11) is 0. The van der Waals surface area contributed by atoms with Crippen molar-refractivity contribution in [3.05, 3.63) is 51.0 Å². The third kappa shape index (κ3) is 3.51. The summed E-state index contributed by atoms with van der Waals surface area (Å²) in [6, 6.07) is 5.21. The quantitative estimate of drug-likeness (QED) is 0.905. The number of aromatic nitrogens is 1. The first kappa shape index (κ1) is 15.9. The van der Waals surface area contributed by atoms with Crippen LogP contribution in [-0.4, -0.2) is 16.1 Å². The Kier molecular flexibility index (Phi) is 4.59. The van der Waals surface area contributed by atoms with Gasteiger partial charge in [-0.3, -0.25) is 9.59 Å². The number of allylic oxidation sites excluding steroid dienone is 1. The topological polar surface area (TPSA) is 59.1 Å². The lowest BCUT2D eigenvalue weighted by Gasteiger charge is -2.09. The predicted molar refractivity (Wildman–Crippen MR) is 93.3 cm³/mol. The van der Waals surface area contributed by atoms with Crippen LogP contribution in [-0.2, 0) is 17.6 Å². The average molecular weight is 347 g/mol. The highest BCUT2D eigenvalue weighted by molar-refractivity contribution is 7.06. The Morgan fingerprint density at radius 1 is 1.39 bits per heavy atom. The summed E-state index contributed by atoms with van der Waals surface area (Å²) in [5.41, 5.74) is 2.69. The number of amides is 1. The molecule has 1 aromatic heterocycles. The number of aryl methyl sites for hydroxylation is 1. The molecule has 118 valence electrons. The maximum absolute atomic E-state index is 12.4. The molecule has 0 fully saturated rings. The van der Waals surface area contributed by atoms with Crippen LogP contribution in [0.2, 0.25) is 5.02 Å². The summed E-state index contributed by atoms with van der Waals surface area (Å²) in [6.45, 7) is 1.53. The molecule has 1 aliphatic carbocycles. The lowest BCUT2D eigenvalue weighted by atomic mass is 10.0. The van der Waals surface area contributed by atoms with Crippen LogP contribution in [0.15, 0.2) is 24.3 Å². The molecule has 0 unspecified atom stereocenters. The highest BCUT2D eigenvalue weighted by atomic mass is 35.5. The fraction of sp³-hybridized carbons (Fsp3) is 0.235. The van der Waals surface area contributed by atoms with E-state index in [-0.39, 0.29) is 11.7 Å². The van der Waals surface area contributed by atoms with Gasteiger partial charge in [0.25, 0.3) is 5.91 Å². The Morgan fingerprint density at radius 2 is 2.22 bits per heavy atom. The number of carbonyl (C=O) groups excluding carboxylic acids is 2. The fourth-order valence-electron chi connectivity index (χ4n) is 2.50. The van der Waals surface area contributed by atoms with Crippen LogP contribution >= 0.6 is 23.1 Å². The van der Waals surface area contributed by atoms with E-state index in [1.54, 1.807) is 18.2 Å². The molecule has 1 aromatic carbocycles. The van der Waals surface area contributed by atoms with Gasteiger partial charge in [-0.2, -0.15) is 4.37 Å². The summed E-state index contributed by atoms with van der Waals surface area (Å²) in [6.07, 6.45) is 6.25. The van der Waals surface area contributed by atoms with E-state index in [9.17, 15) is 9.59 Å². The first-order chi connectivity index (χ1) is 11.0. The molecule has 0 saturated carbocycles. The smallest absolute Gasteiger partial charge is 0.276 e. The van der Waals surface area contributed by atoms with E-state index >= 15 is 0 Å². The Bertz CT molecular complexity index is 811. The van der Waals surface area contributed by atoms with Gasteiger partial charge in [-0.25, -0.2) is 0 Å². The van der Waals surface area contributed by atoms with Gasteiger partial charge in [0, 0.05) is 16.9 Å². The van der Waals surface area contributed by atoms with E-state index in [0.717, 1.165) is 28.8 Å². The molecule has 3 rings (SSSR count). The zero-order valence-electron chi connectivity index (χ0n) is 12.6. The first-order valence-electron chi connectivity index (χ1n) is 7.29. The molecule has 1 N–H and O–H groups in total. The average Bonchev–Trinajstić information content (AvgIpc) is 2.93. The van der Waals surface area contributed by atoms with Crippen LogP contribution < -0.4 is 5.32 Å². The van der Waals surface area contributed by atoms with E-state index in [1.165, 1.54) is 18.5 Å². The molecule has 23 heavy (non-hydrogen) atoms. The Balaban J connectivity index is 1.80. The molecule has 6 heteroatoms. The molecule has 0 atom stereocenters. The number of fused-ring (bicyclic) bond motifs is 1. The van der Waals surface area contributed by atoms with E-state index in [1.807, 2.05) is 6.08 Å². The number of rotatable bonds is 4. The SMILES string of the molecule is CC(=O)Cc1ccc(NC(=O)c2nsc3c2C=CCC3)c(Cl)c1. The van der Waals surface area contributed by atoms with E-state index in [2.05, 4.69) is 15.8 Å². The van der Waals surface area contributed by atoms with Crippen LogP contribution in [0, 0.1) is 0 Å². The standard InChI is InChI=1S/C17H15ClN2O2S/c1-10(21)8-11-6-7-14(13(18)9-11)19-17(22)16-12-4-2-3-5-15(12)23-20-16/h2,4,6-7,9H,3,5,8H2,1H3,(H,19,22). The zero-order chi connectivity index (χ0) is 16.4. The lowest BCUT2D eigenvalue weighted by Crippen LogP contribution is -2.14. The maximum atomic E-state index is 12.4. The molecule has 0 bridgehead atoms. The Labute approximate surface area is 143 Å². The van der Waals surface area contributed by atoms with E-state index in [4.69, 9.17) is 11.6 Å². The molecule has 1 heterocycles. The lowest BCUT2D eigenvalue weighted by molar-refractivity contribution is -0.116. The minimum Gasteiger partial charge on any atom is -0.319 e. The number of nitrogens with zero attached hydrogens (tertiary/aromatic N) is 1. The molecule has 4 nitrogen and oxygen atoms in total. The number of halogens is 1. The Morgan fingerprint density at radius 3 is 2.96 bits per heavy atom. The largest absolute Gasteiger partial charge is 0.319 e. The van der Waals surface area contributed by atoms with Crippen molar-refractivity contribution < 1.29 is 9.59 Å². The fourth-order valence-corrected chi connectivity index (χ4v) is 3.61. The highest BCUT2D eigenvalue weighted by Crippen LogP contribution is 2.28. The maximum Gasteiger partial charge on any atom is 0.276 e. The second-order valence-electron chi connectivity index (χ2n) is 5.46. The highest BCUT2D eigenvalue weighted by Gasteiger charge is 2.20. The zero-order valence-corrected chi connectivity index (χ0v) is 14.1. The second-order valence-corrected chi connectivity index (χ2v) is 6.72. The van der Waals surface area contributed by atoms with Gasteiger partial charge in [-0.15, -0.1) is 0 Å². The van der Waals surface area contributed by atoms with Crippen molar-refractivity contribution in [2.45, 2.75) is 26.2 Å². The van der Waals surface area contributed by atoms with Gasteiger partial charge >= 0.3 is 0 Å². The second kappa shape index (κ2) is 6.64. The van der Waals surface area contributed by atoms with Crippen LogP contribution in [0.25, 0.3) is 6.08 Å². The number of ketones is 1. The number of benzene rings is 1. The number of nitrogens with one attached hydrogen (secondary N) is 1. The van der Waals surface area contributed by atoms with E-state index < -0.39 is 0 Å². The number of hydrogen-bond donors (Lipinski definition) is 1. The van der Waals surface area contributed by atoms with Gasteiger partial charge in [0.05, 0.1) is 10.7 Å².